The fourth-order valence-corrected chi connectivity index (χ4v) is 37.9. The van der Waals surface area contributed by atoms with Crippen molar-refractivity contribution in [2.24, 2.45) is 0 Å². The van der Waals surface area contributed by atoms with Crippen LogP contribution in [0.15, 0.2) is 243 Å². The van der Waals surface area contributed by atoms with Gasteiger partial charge in [-0.05, 0) is 0 Å². The Kier molecular flexibility index (Phi) is 14.7. The molecule has 0 saturated carbocycles. The fraction of sp³-hybridized carbons (Fsp3) is 0.0645. The molecule has 0 amide bonds. The number of hydrogen-bond acceptors (Lipinski definition) is 0. The van der Waals surface area contributed by atoms with Gasteiger partial charge in [-0.3, -0.25) is 0 Å². The Morgan fingerprint density at radius 3 is 0.667 bits per heavy atom. The molecule has 66 heavy (non-hydrogen) atoms. The zero-order chi connectivity index (χ0) is 42.7. The SMILES string of the molecule is C1=C[CH]([Hf](=[C](c2ccccc2)c2ccccc2)[CH]2C=Cc3ccccc32)c2ccccc21.C1=C[CH]([Hf](=[C](c2ccccc2)c2ccccc2)[CH]2C=Cc3ccccc32)c2ccccc21.Cl.Cl. The molecule has 0 radical (unpaired) electrons. The van der Waals surface area contributed by atoms with Gasteiger partial charge in [-0.1, -0.05) is 0 Å². The van der Waals surface area contributed by atoms with E-state index in [-0.39, 0.29) is 24.8 Å². The van der Waals surface area contributed by atoms with Crippen LogP contribution in [0.4, 0.5) is 0 Å². The first kappa shape index (κ1) is 45.9. The first-order chi connectivity index (χ1) is 31.8. The van der Waals surface area contributed by atoms with E-state index >= 15 is 0 Å². The van der Waals surface area contributed by atoms with Crippen molar-refractivity contribution in [2.45, 2.75) is 14.7 Å². The van der Waals surface area contributed by atoms with Gasteiger partial charge in [-0.25, -0.2) is 0 Å². The average molecular weight is 1220 g/mol. The van der Waals surface area contributed by atoms with Gasteiger partial charge in [-0.2, -0.15) is 0 Å². The maximum atomic E-state index is 2.52. The average Bonchev–Trinajstić information content (AvgIpc) is 4.20. The molecule has 0 aromatic heterocycles. The maximum absolute atomic E-state index is 2.67. The first-order valence-electron chi connectivity index (χ1n) is 22.6. The second kappa shape index (κ2) is 21.2. The summed E-state index contributed by atoms with van der Waals surface area (Å²) in [6.07, 6.45) is 19.5. The van der Waals surface area contributed by atoms with Gasteiger partial charge in [-0.15, -0.1) is 24.8 Å². The number of fused-ring (bicyclic) bond motifs is 4. The van der Waals surface area contributed by atoms with E-state index in [1.54, 1.807) is 6.51 Å². The van der Waals surface area contributed by atoms with Crippen LogP contribution < -0.4 is 0 Å². The Hall–Kier alpha value is -5.22. The van der Waals surface area contributed by atoms with Crippen molar-refractivity contribution in [1.29, 1.82) is 0 Å². The van der Waals surface area contributed by atoms with Gasteiger partial charge >= 0.3 is 397 Å². The summed E-state index contributed by atoms with van der Waals surface area (Å²) >= 11 is -5.33. The molecule has 8 aromatic carbocycles. The minimum absolute atomic E-state index is 0. The standard InChI is InChI=1S/2C13H10.4C9H7.2ClH.2Hf/c2*1-3-7-12(8-4-1)11-13-9-5-2-6-10-13;4*1-2-5-9-7-3-6-8(9)4-1;;;;/h2*1-10H;4*1-7H;2*1H;;. The zero-order valence-electron chi connectivity index (χ0n) is 36.5. The van der Waals surface area contributed by atoms with E-state index < -0.39 is 41.9 Å². The third-order valence-corrected chi connectivity index (χ3v) is 38.5. The molecule has 0 bridgehead atoms. The molecule has 0 spiro atoms. The molecule has 0 nitrogen and oxygen atoms in total. The van der Waals surface area contributed by atoms with E-state index in [1.165, 1.54) is 66.8 Å². The Balaban J connectivity index is 0.000000161. The van der Waals surface area contributed by atoms with Gasteiger partial charge in [0.25, 0.3) is 0 Å². The summed E-state index contributed by atoms with van der Waals surface area (Å²) in [6.45, 7) is 0. The van der Waals surface area contributed by atoms with Crippen LogP contribution in [0.3, 0.4) is 0 Å². The van der Waals surface area contributed by atoms with Gasteiger partial charge in [0, 0.05) is 0 Å². The van der Waals surface area contributed by atoms with Crippen molar-refractivity contribution in [1.82, 2.24) is 0 Å². The summed E-state index contributed by atoms with van der Waals surface area (Å²) < 4.78 is 5.41. The summed E-state index contributed by atoms with van der Waals surface area (Å²) in [6, 6.07) is 80.7. The van der Waals surface area contributed by atoms with Crippen LogP contribution in [0, 0.1) is 0 Å². The number of rotatable bonds is 8. The molecule has 0 aliphatic heterocycles. The number of allylic oxidation sites excluding steroid dienone is 4. The van der Waals surface area contributed by atoms with Gasteiger partial charge in [0.15, 0.2) is 0 Å². The van der Waals surface area contributed by atoms with Crippen molar-refractivity contribution in [2.75, 3.05) is 0 Å². The van der Waals surface area contributed by atoms with Gasteiger partial charge in [0.05, 0.1) is 0 Å². The van der Waals surface area contributed by atoms with Crippen LogP contribution in [0.25, 0.3) is 24.3 Å². The molecule has 0 N–H and O–H groups in total. The molecule has 4 aliphatic carbocycles. The van der Waals surface area contributed by atoms with Crippen LogP contribution in [0.1, 0.15) is 81.5 Å². The van der Waals surface area contributed by atoms with Crippen molar-refractivity contribution in [3.8, 4) is 0 Å². The zero-order valence-corrected chi connectivity index (χ0v) is 45.3. The Labute approximate surface area is 417 Å². The molecule has 0 heterocycles. The van der Waals surface area contributed by atoms with Crippen LogP contribution in [0.2, 0.25) is 0 Å². The Morgan fingerprint density at radius 1 is 0.242 bits per heavy atom. The van der Waals surface area contributed by atoms with E-state index in [0.29, 0.717) is 14.7 Å². The summed E-state index contributed by atoms with van der Waals surface area (Å²) in [5.41, 5.74) is 17.3. The topological polar surface area (TPSA) is 0 Å². The Bertz CT molecular complexity index is 2740. The van der Waals surface area contributed by atoms with Gasteiger partial charge in [0.2, 0.25) is 0 Å². The molecule has 0 saturated heterocycles. The fourth-order valence-electron chi connectivity index (χ4n) is 10.5. The first-order valence-corrected chi connectivity index (χ1v) is 34.5. The minimum Gasteiger partial charge on any atom is -0.147 e. The molecule has 0 fully saturated rings. The molecule has 4 heteroatoms. The van der Waals surface area contributed by atoms with Crippen LogP contribution in [0.5, 0.6) is 0 Å². The summed E-state index contributed by atoms with van der Waals surface area (Å²) in [5, 5.41) is 0. The van der Waals surface area contributed by atoms with Crippen molar-refractivity contribution >= 4 is 55.6 Å². The van der Waals surface area contributed by atoms with E-state index in [0.717, 1.165) is 0 Å². The predicted octanol–water partition coefficient (Wildman–Crippen LogP) is 15.7. The molecule has 320 valence electrons. The maximum Gasteiger partial charge on any atom is -0.147 e. The second-order valence-electron chi connectivity index (χ2n) is 17.0. The second-order valence-corrected chi connectivity index (χ2v) is 36.1. The van der Waals surface area contributed by atoms with Gasteiger partial charge < -0.3 is 0 Å². The molecule has 4 aliphatic rings. The molecule has 4 unspecified atom stereocenters. The van der Waals surface area contributed by atoms with E-state index in [2.05, 4.69) is 267 Å². The van der Waals surface area contributed by atoms with Crippen molar-refractivity contribution < 1.29 is 41.9 Å². The van der Waals surface area contributed by atoms with Crippen LogP contribution >= 0.6 is 24.8 Å². The van der Waals surface area contributed by atoms with Crippen molar-refractivity contribution in [3.63, 3.8) is 0 Å². The minimum atomic E-state index is -2.67. The molecule has 4 atom stereocenters. The van der Waals surface area contributed by atoms with E-state index in [4.69, 9.17) is 0 Å². The van der Waals surface area contributed by atoms with Crippen LogP contribution in [-0.2, 0) is 41.9 Å². The largest absolute Gasteiger partial charge is 0.147 e. The monoisotopic (exact) mass is 1220 g/mol. The number of halogens is 2. The van der Waals surface area contributed by atoms with Crippen LogP contribution in [-0.4, -0.2) is 6.51 Å². The van der Waals surface area contributed by atoms with E-state index in [9.17, 15) is 0 Å². The normalized spacial score (nSPS) is 17.2. The summed E-state index contributed by atoms with van der Waals surface area (Å²) in [5.74, 6) is 0. The van der Waals surface area contributed by atoms with E-state index in [1.807, 2.05) is 0 Å². The molecule has 12 rings (SSSR count). The number of benzene rings is 8. The summed E-state index contributed by atoms with van der Waals surface area (Å²) in [7, 11) is 0. The number of hydrogen-bond donors (Lipinski definition) is 0. The molecule has 8 aromatic rings. The predicted molar refractivity (Wildman–Crippen MR) is 280 cm³/mol. The molecular weight excluding hydrogens is 1170 g/mol. The third-order valence-electron chi connectivity index (χ3n) is 13.4. The molecular formula is C62H50Cl2Hf2. The van der Waals surface area contributed by atoms with Crippen molar-refractivity contribution in [3.05, 3.63) is 309 Å². The smallest absolute Gasteiger partial charge is 0.147 e. The Morgan fingerprint density at radius 2 is 0.439 bits per heavy atom. The third kappa shape index (κ3) is 9.11. The quantitative estimate of drug-likeness (QED) is 0.133. The summed E-state index contributed by atoms with van der Waals surface area (Å²) in [4.78, 5) is 0. The van der Waals surface area contributed by atoms with Gasteiger partial charge in [0.1, 0.15) is 0 Å².